The van der Waals surface area contributed by atoms with Crippen LogP contribution in [-0.2, 0) is 0 Å². The second kappa shape index (κ2) is 3.07. The zero-order valence-corrected chi connectivity index (χ0v) is 6.72. The molecule has 0 aromatic rings. The number of hydrogen-bond acceptors (Lipinski definition) is 2. The molecule has 0 amide bonds. The first-order valence-electron chi connectivity index (χ1n) is 4.48. The van der Waals surface area contributed by atoms with E-state index in [2.05, 4.69) is 5.32 Å². The van der Waals surface area contributed by atoms with Gasteiger partial charge in [0.25, 0.3) is 0 Å². The summed E-state index contributed by atoms with van der Waals surface area (Å²) < 4.78 is 13.1. The van der Waals surface area contributed by atoms with E-state index in [1.54, 1.807) is 0 Å². The van der Waals surface area contributed by atoms with Gasteiger partial charge < -0.3 is 5.32 Å². The number of halogens is 1. The number of rotatable bonds is 1. The van der Waals surface area contributed by atoms with Crippen molar-refractivity contribution in [2.45, 2.75) is 31.6 Å². The summed E-state index contributed by atoms with van der Waals surface area (Å²) in [6.45, 7) is 3.02. The molecule has 0 aliphatic carbocycles. The van der Waals surface area contributed by atoms with Crippen molar-refractivity contribution in [3.05, 3.63) is 0 Å². The molecule has 2 saturated heterocycles. The topological polar surface area (TPSA) is 15.3 Å². The molecule has 2 heterocycles. The molecular weight excluding hydrogens is 143 g/mol. The molecule has 1 N–H and O–H groups in total. The Morgan fingerprint density at radius 3 is 2.82 bits per heavy atom. The molecule has 2 rings (SSSR count). The smallest absolute Gasteiger partial charge is 0.153 e. The van der Waals surface area contributed by atoms with Crippen molar-refractivity contribution in [3.63, 3.8) is 0 Å². The van der Waals surface area contributed by atoms with Crippen LogP contribution in [0.15, 0.2) is 0 Å². The minimum absolute atomic E-state index is 0.479. The fraction of sp³-hybridized carbons (Fsp3) is 1.00. The minimum Gasteiger partial charge on any atom is -0.315 e. The average Bonchev–Trinajstić information content (AvgIpc) is 2.55. The highest BCUT2D eigenvalue weighted by Crippen LogP contribution is 2.23. The largest absolute Gasteiger partial charge is 0.315 e. The van der Waals surface area contributed by atoms with Crippen molar-refractivity contribution >= 4 is 0 Å². The van der Waals surface area contributed by atoms with Gasteiger partial charge in [-0.1, -0.05) is 0 Å². The Balaban J connectivity index is 1.92. The second-order valence-corrected chi connectivity index (χ2v) is 3.46. The summed E-state index contributed by atoms with van der Waals surface area (Å²) in [5, 5.41) is 3.26. The Morgan fingerprint density at radius 2 is 2.27 bits per heavy atom. The summed E-state index contributed by atoms with van der Waals surface area (Å²) >= 11 is 0. The lowest BCUT2D eigenvalue weighted by Gasteiger charge is -2.24. The predicted octanol–water partition coefficient (Wildman–Crippen LogP) is 0.740. The van der Waals surface area contributed by atoms with Crippen LogP contribution in [-0.4, -0.2) is 36.9 Å². The molecule has 0 saturated carbocycles. The summed E-state index contributed by atoms with van der Waals surface area (Å²) in [5.74, 6) is 0. The van der Waals surface area contributed by atoms with Crippen molar-refractivity contribution in [2.24, 2.45) is 0 Å². The van der Waals surface area contributed by atoms with Crippen LogP contribution in [0.25, 0.3) is 0 Å². The van der Waals surface area contributed by atoms with Crippen molar-refractivity contribution in [1.29, 1.82) is 0 Å². The van der Waals surface area contributed by atoms with Gasteiger partial charge in [0.05, 0.1) is 0 Å². The normalized spacial score (nSPS) is 40.1. The van der Waals surface area contributed by atoms with Crippen molar-refractivity contribution < 1.29 is 4.39 Å². The highest BCUT2D eigenvalue weighted by Gasteiger charge is 2.31. The third-order valence-electron chi connectivity index (χ3n) is 2.72. The van der Waals surface area contributed by atoms with Gasteiger partial charge >= 0.3 is 0 Å². The fourth-order valence-electron chi connectivity index (χ4n) is 2.08. The van der Waals surface area contributed by atoms with Gasteiger partial charge in [-0.05, 0) is 25.8 Å². The van der Waals surface area contributed by atoms with Crippen LogP contribution >= 0.6 is 0 Å². The van der Waals surface area contributed by atoms with E-state index in [-0.39, 0.29) is 0 Å². The van der Waals surface area contributed by atoms with E-state index in [1.165, 1.54) is 0 Å². The van der Waals surface area contributed by atoms with Crippen molar-refractivity contribution in [1.82, 2.24) is 10.2 Å². The van der Waals surface area contributed by atoms with E-state index in [4.69, 9.17) is 0 Å². The highest BCUT2D eigenvalue weighted by atomic mass is 19.1. The predicted molar refractivity (Wildman–Crippen MR) is 42.1 cm³/mol. The molecule has 2 unspecified atom stereocenters. The monoisotopic (exact) mass is 158 g/mol. The van der Waals surface area contributed by atoms with Crippen LogP contribution < -0.4 is 5.32 Å². The zero-order chi connectivity index (χ0) is 7.68. The van der Waals surface area contributed by atoms with Gasteiger partial charge in [0.2, 0.25) is 0 Å². The maximum absolute atomic E-state index is 13.1. The number of nitrogens with one attached hydrogen (secondary N) is 1. The van der Waals surface area contributed by atoms with E-state index in [1.807, 2.05) is 4.90 Å². The Kier molecular flexibility index (Phi) is 2.09. The summed E-state index contributed by atoms with van der Waals surface area (Å²) in [6, 6.07) is 0.479. The summed E-state index contributed by atoms with van der Waals surface area (Å²) in [5.41, 5.74) is 0. The van der Waals surface area contributed by atoms with Gasteiger partial charge in [0, 0.05) is 19.1 Å². The summed E-state index contributed by atoms with van der Waals surface area (Å²) in [7, 11) is 0. The molecule has 2 nitrogen and oxygen atoms in total. The second-order valence-electron chi connectivity index (χ2n) is 3.46. The molecule has 0 radical (unpaired) electrons. The first kappa shape index (κ1) is 7.50. The molecule has 2 aliphatic rings. The van der Waals surface area contributed by atoms with Gasteiger partial charge in [-0.15, -0.1) is 0 Å². The lowest BCUT2D eigenvalue weighted by Crippen LogP contribution is -2.38. The molecule has 2 atom stereocenters. The van der Waals surface area contributed by atoms with Crippen LogP contribution in [0.5, 0.6) is 0 Å². The van der Waals surface area contributed by atoms with E-state index in [0.717, 1.165) is 38.9 Å². The Labute approximate surface area is 66.8 Å². The van der Waals surface area contributed by atoms with Gasteiger partial charge in [0.1, 0.15) is 0 Å². The average molecular weight is 158 g/mol. The molecule has 0 bridgehead atoms. The fourth-order valence-corrected chi connectivity index (χ4v) is 2.08. The van der Waals surface area contributed by atoms with Crippen LogP contribution in [0, 0.1) is 0 Å². The molecule has 11 heavy (non-hydrogen) atoms. The Morgan fingerprint density at radius 1 is 1.36 bits per heavy atom. The third kappa shape index (κ3) is 1.40. The van der Waals surface area contributed by atoms with Crippen LogP contribution in [0.1, 0.15) is 19.3 Å². The number of alkyl halides is 1. The summed E-state index contributed by atoms with van der Waals surface area (Å²) in [4.78, 5) is 2.01. The van der Waals surface area contributed by atoms with Gasteiger partial charge in [-0.25, -0.2) is 4.39 Å². The van der Waals surface area contributed by atoms with Crippen LogP contribution in [0.2, 0.25) is 0 Å². The maximum atomic E-state index is 13.1. The van der Waals surface area contributed by atoms with Gasteiger partial charge in [0.15, 0.2) is 6.30 Å². The minimum atomic E-state index is -0.653. The molecule has 2 fully saturated rings. The standard InChI is InChI=1S/C8H15FN2/c9-8-2-1-5-11(8)7-3-4-10-6-7/h7-8,10H,1-6H2. The molecule has 0 aromatic heterocycles. The van der Waals surface area contributed by atoms with Crippen LogP contribution in [0.3, 0.4) is 0 Å². The third-order valence-corrected chi connectivity index (χ3v) is 2.72. The molecule has 2 aliphatic heterocycles. The zero-order valence-electron chi connectivity index (χ0n) is 6.72. The highest BCUT2D eigenvalue weighted by molar-refractivity contribution is 4.85. The SMILES string of the molecule is FC1CCCN1C1CCNC1. The van der Waals surface area contributed by atoms with E-state index in [0.29, 0.717) is 6.04 Å². The van der Waals surface area contributed by atoms with E-state index < -0.39 is 6.30 Å². The molecule has 0 spiro atoms. The lowest BCUT2D eigenvalue weighted by molar-refractivity contribution is 0.0897. The first-order valence-corrected chi connectivity index (χ1v) is 4.48. The quantitative estimate of drug-likeness (QED) is 0.566. The molecular formula is C8H15FN2. The maximum Gasteiger partial charge on any atom is 0.153 e. The van der Waals surface area contributed by atoms with Gasteiger partial charge in [-0.2, -0.15) is 0 Å². The van der Waals surface area contributed by atoms with E-state index in [9.17, 15) is 4.39 Å². The van der Waals surface area contributed by atoms with Crippen molar-refractivity contribution in [3.8, 4) is 0 Å². The lowest BCUT2D eigenvalue weighted by atomic mass is 10.2. The van der Waals surface area contributed by atoms with E-state index >= 15 is 0 Å². The Bertz CT molecular complexity index is 134. The summed E-state index contributed by atoms with van der Waals surface area (Å²) in [6.07, 6.45) is 2.26. The van der Waals surface area contributed by atoms with Gasteiger partial charge in [-0.3, -0.25) is 4.90 Å². The number of nitrogens with zero attached hydrogens (tertiary/aromatic N) is 1. The van der Waals surface area contributed by atoms with Crippen molar-refractivity contribution in [2.75, 3.05) is 19.6 Å². The molecule has 3 heteroatoms. The van der Waals surface area contributed by atoms with Crippen LogP contribution in [0.4, 0.5) is 4.39 Å². The first-order chi connectivity index (χ1) is 5.38. The molecule has 0 aromatic carbocycles. The number of hydrogen-bond donors (Lipinski definition) is 1. The number of likely N-dealkylation sites (tertiary alicyclic amines) is 1. The Hall–Kier alpha value is -0.150. The molecule has 64 valence electrons.